The predicted molar refractivity (Wildman–Crippen MR) is 69.3 cm³/mol. The minimum absolute atomic E-state index is 0.326. The van der Waals surface area contributed by atoms with E-state index in [1.54, 1.807) is 0 Å². The number of hydrogen-bond acceptors (Lipinski definition) is 2. The Morgan fingerprint density at radius 2 is 2.00 bits per heavy atom. The van der Waals surface area contributed by atoms with Crippen molar-refractivity contribution in [3.8, 4) is 0 Å². The van der Waals surface area contributed by atoms with Crippen LogP contribution in [-0.2, 0) is 0 Å². The number of nitrogens with two attached hydrogens (primary N) is 1. The first-order valence-corrected chi connectivity index (χ1v) is 6.94. The lowest BCUT2D eigenvalue weighted by atomic mass is 9.78. The van der Waals surface area contributed by atoms with Crippen LogP contribution in [0, 0.1) is 17.8 Å². The fourth-order valence-corrected chi connectivity index (χ4v) is 4.09. The Labute approximate surface area is 101 Å². The first-order chi connectivity index (χ1) is 7.51. The standard InChI is InChI=1S/C14H28N2/c1-10(2)11(3)16(4)14(9-15)8-12-5-6-13(14)7-12/h10-13H,5-9,15H2,1-4H3. The molecule has 2 aliphatic carbocycles. The maximum Gasteiger partial charge on any atom is 0.0362 e. The molecule has 2 fully saturated rings. The van der Waals surface area contributed by atoms with Gasteiger partial charge in [0.1, 0.15) is 0 Å². The van der Waals surface area contributed by atoms with E-state index in [0.29, 0.717) is 17.5 Å². The summed E-state index contributed by atoms with van der Waals surface area (Å²) in [5.74, 6) is 2.55. The van der Waals surface area contributed by atoms with Crippen molar-refractivity contribution in [3.05, 3.63) is 0 Å². The molecule has 94 valence electrons. The molecule has 16 heavy (non-hydrogen) atoms. The number of rotatable bonds is 4. The van der Waals surface area contributed by atoms with Crippen LogP contribution in [0.1, 0.15) is 46.5 Å². The summed E-state index contributed by atoms with van der Waals surface area (Å²) >= 11 is 0. The zero-order chi connectivity index (χ0) is 11.9. The van der Waals surface area contributed by atoms with E-state index in [1.165, 1.54) is 25.7 Å². The quantitative estimate of drug-likeness (QED) is 0.795. The van der Waals surface area contributed by atoms with Crippen LogP contribution in [0.4, 0.5) is 0 Å². The van der Waals surface area contributed by atoms with E-state index in [9.17, 15) is 0 Å². The molecule has 2 rings (SSSR count). The van der Waals surface area contributed by atoms with Gasteiger partial charge in [0.25, 0.3) is 0 Å². The molecule has 2 aliphatic rings. The fourth-order valence-electron chi connectivity index (χ4n) is 4.09. The summed E-state index contributed by atoms with van der Waals surface area (Å²) in [6, 6.07) is 0.642. The van der Waals surface area contributed by atoms with Crippen molar-refractivity contribution in [1.29, 1.82) is 0 Å². The topological polar surface area (TPSA) is 29.3 Å². The van der Waals surface area contributed by atoms with E-state index in [1.807, 2.05) is 0 Å². The van der Waals surface area contributed by atoms with Crippen molar-refractivity contribution >= 4 is 0 Å². The van der Waals surface area contributed by atoms with E-state index in [2.05, 4.69) is 32.7 Å². The third-order valence-corrected chi connectivity index (χ3v) is 5.57. The van der Waals surface area contributed by atoms with Gasteiger partial charge in [0, 0.05) is 18.1 Å². The smallest absolute Gasteiger partial charge is 0.0362 e. The van der Waals surface area contributed by atoms with E-state index in [0.717, 1.165) is 18.4 Å². The molecule has 0 spiro atoms. The van der Waals surface area contributed by atoms with Crippen molar-refractivity contribution < 1.29 is 0 Å². The lowest BCUT2D eigenvalue weighted by Crippen LogP contribution is -2.59. The van der Waals surface area contributed by atoms with Crippen LogP contribution < -0.4 is 5.73 Å². The maximum atomic E-state index is 6.15. The van der Waals surface area contributed by atoms with Gasteiger partial charge in [0.2, 0.25) is 0 Å². The minimum atomic E-state index is 0.326. The summed E-state index contributed by atoms with van der Waals surface area (Å²) in [7, 11) is 2.30. The molecular weight excluding hydrogens is 196 g/mol. The molecule has 2 heteroatoms. The van der Waals surface area contributed by atoms with Crippen LogP contribution in [0.25, 0.3) is 0 Å². The Balaban J connectivity index is 2.16. The van der Waals surface area contributed by atoms with E-state index >= 15 is 0 Å². The SMILES string of the molecule is CC(C)C(C)N(C)C1(CN)CC2CCC1C2. The summed E-state index contributed by atoms with van der Waals surface area (Å²) in [6.45, 7) is 7.84. The molecule has 2 nitrogen and oxygen atoms in total. The maximum absolute atomic E-state index is 6.15. The third-order valence-electron chi connectivity index (χ3n) is 5.57. The summed E-state index contributed by atoms with van der Waals surface area (Å²) in [5.41, 5.74) is 6.48. The summed E-state index contributed by atoms with van der Waals surface area (Å²) in [6.07, 6.45) is 5.65. The van der Waals surface area contributed by atoms with Gasteiger partial charge in [-0.3, -0.25) is 4.90 Å². The van der Waals surface area contributed by atoms with E-state index < -0.39 is 0 Å². The van der Waals surface area contributed by atoms with E-state index in [-0.39, 0.29) is 0 Å². The first-order valence-electron chi connectivity index (χ1n) is 6.94. The minimum Gasteiger partial charge on any atom is -0.329 e. The average molecular weight is 224 g/mol. The summed E-state index contributed by atoms with van der Waals surface area (Å²) in [5, 5.41) is 0. The van der Waals surface area contributed by atoms with Crippen LogP contribution in [0.2, 0.25) is 0 Å². The first kappa shape index (κ1) is 12.4. The van der Waals surface area contributed by atoms with E-state index in [4.69, 9.17) is 5.73 Å². The van der Waals surface area contributed by atoms with Crippen molar-refractivity contribution in [1.82, 2.24) is 4.90 Å². The zero-order valence-electron chi connectivity index (χ0n) is 11.4. The molecule has 0 aliphatic heterocycles. The molecular formula is C14H28N2. The molecule has 0 heterocycles. The molecule has 0 aromatic rings. The lowest BCUT2D eigenvalue weighted by Gasteiger charge is -2.48. The normalized spacial score (nSPS) is 39.9. The van der Waals surface area contributed by atoms with Gasteiger partial charge in [-0.2, -0.15) is 0 Å². The van der Waals surface area contributed by atoms with Crippen molar-refractivity contribution in [3.63, 3.8) is 0 Å². The number of nitrogens with zero attached hydrogens (tertiary/aromatic N) is 1. The molecule has 2 N–H and O–H groups in total. The van der Waals surface area contributed by atoms with Crippen LogP contribution in [0.5, 0.6) is 0 Å². The highest BCUT2D eigenvalue weighted by Gasteiger charge is 2.53. The summed E-state index contributed by atoms with van der Waals surface area (Å²) in [4.78, 5) is 2.61. The molecule has 4 unspecified atom stereocenters. The van der Waals surface area contributed by atoms with Crippen LogP contribution in [0.15, 0.2) is 0 Å². The molecule has 0 amide bonds. The second-order valence-electron chi connectivity index (χ2n) is 6.48. The zero-order valence-corrected chi connectivity index (χ0v) is 11.4. The van der Waals surface area contributed by atoms with Gasteiger partial charge in [0.05, 0.1) is 0 Å². The van der Waals surface area contributed by atoms with Crippen molar-refractivity contribution in [2.75, 3.05) is 13.6 Å². The Morgan fingerprint density at radius 1 is 1.31 bits per heavy atom. The van der Waals surface area contributed by atoms with Gasteiger partial charge in [-0.15, -0.1) is 0 Å². The highest BCUT2D eigenvalue weighted by Crippen LogP contribution is 2.53. The molecule has 4 atom stereocenters. The molecule has 0 saturated heterocycles. The summed E-state index contributed by atoms with van der Waals surface area (Å²) < 4.78 is 0. The fraction of sp³-hybridized carbons (Fsp3) is 1.00. The number of fused-ring (bicyclic) bond motifs is 2. The van der Waals surface area contributed by atoms with Crippen LogP contribution in [0.3, 0.4) is 0 Å². The van der Waals surface area contributed by atoms with Gasteiger partial charge in [-0.05, 0) is 51.0 Å². The largest absolute Gasteiger partial charge is 0.329 e. The third kappa shape index (κ3) is 1.70. The van der Waals surface area contributed by atoms with Gasteiger partial charge in [-0.1, -0.05) is 20.3 Å². The van der Waals surface area contributed by atoms with Crippen molar-refractivity contribution in [2.45, 2.75) is 58.0 Å². The van der Waals surface area contributed by atoms with Crippen molar-refractivity contribution in [2.24, 2.45) is 23.5 Å². The Kier molecular flexibility index (Phi) is 3.33. The number of hydrogen-bond donors (Lipinski definition) is 1. The molecule has 2 saturated carbocycles. The molecule has 0 radical (unpaired) electrons. The lowest BCUT2D eigenvalue weighted by molar-refractivity contribution is 0.0191. The predicted octanol–water partition coefficient (Wildman–Crippen LogP) is 2.48. The number of likely N-dealkylation sites (N-methyl/N-ethyl adjacent to an activating group) is 1. The molecule has 0 aromatic carbocycles. The highest BCUT2D eigenvalue weighted by molar-refractivity contribution is 5.08. The molecule has 0 aromatic heterocycles. The Hall–Kier alpha value is -0.0800. The van der Waals surface area contributed by atoms with Crippen LogP contribution in [-0.4, -0.2) is 30.1 Å². The van der Waals surface area contributed by atoms with Gasteiger partial charge in [0.15, 0.2) is 0 Å². The monoisotopic (exact) mass is 224 g/mol. The molecule has 2 bridgehead atoms. The highest BCUT2D eigenvalue weighted by atomic mass is 15.2. The average Bonchev–Trinajstić information content (AvgIpc) is 2.86. The second-order valence-corrected chi connectivity index (χ2v) is 6.48. The second kappa shape index (κ2) is 4.30. The Bertz CT molecular complexity index is 251. The van der Waals surface area contributed by atoms with Gasteiger partial charge >= 0.3 is 0 Å². The Morgan fingerprint density at radius 3 is 2.38 bits per heavy atom. The van der Waals surface area contributed by atoms with Crippen LogP contribution >= 0.6 is 0 Å². The van der Waals surface area contributed by atoms with Gasteiger partial charge < -0.3 is 5.73 Å². The van der Waals surface area contributed by atoms with Gasteiger partial charge in [-0.25, -0.2) is 0 Å².